The van der Waals surface area contributed by atoms with Gasteiger partial charge in [0.1, 0.15) is 6.29 Å². The molecule has 0 bridgehead atoms. The molecule has 37 heavy (non-hydrogen) atoms. The number of hydrogen-bond donors (Lipinski definition) is 4. The largest absolute Gasteiger partial charge is 0.404 e. The highest BCUT2D eigenvalue weighted by atomic mass is 16.1. The summed E-state index contributed by atoms with van der Waals surface area (Å²) in [4.78, 5) is 35.9. The number of hydrogen-bond acceptors (Lipinski definition) is 9. The summed E-state index contributed by atoms with van der Waals surface area (Å²) in [5.41, 5.74) is 10.6. The van der Waals surface area contributed by atoms with Crippen LogP contribution >= 0.6 is 0 Å². The molecule has 1 saturated carbocycles. The second-order valence-corrected chi connectivity index (χ2v) is 8.79. The highest BCUT2D eigenvalue weighted by molar-refractivity contribution is 6.25. The number of amides is 1. The summed E-state index contributed by atoms with van der Waals surface area (Å²) in [5.74, 6) is -0.382. The predicted octanol–water partition coefficient (Wildman–Crippen LogP) is 2.59. The van der Waals surface area contributed by atoms with Crippen LogP contribution in [-0.2, 0) is 16.6 Å². The third kappa shape index (κ3) is 7.43. The van der Waals surface area contributed by atoms with E-state index in [0.717, 1.165) is 17.5 Å². The molecule has 1 aliphatic carbocycles. The Balaban J connectivity index is 0.000000356. The molecule has 0 aromatic carbocycles. The van der Waals surface area contributed by atoms with E-state index >= 15 is 0 Å². The van der Waals surface area contributed by atoms with Gasteiger partial charge in [0.05, 0.1) is 64.9 Å². The van der Waals surface area contributed by atoms with Gasteiger partial charge in [-0.05, 0) is 32.8 Å². The Labute approximate surface area is 217 Å². The highest BCUT2D eigenvalue weighted by Crippen LogP contribution is 2.23. The van der Waals surface area contributed by atoms with Crippen molar-refractivity contribution in [3.63, 3.8) is 0 Å². The lowest BCUT2D eigenvalue weighted by atomic mass is 10.1. The fourth-order valence-corrected chi connectivity index (χ4v) is 4.03. The van der Waals surface area contributed by atoms with Crippen molar-refractivity contribution in [3.05, 3.63) is 54.1 Å². The third-order valence-corrected chi connectivity index (χ3v) is 6.08. The number of carbonyl (C=O) groups is 2. The van der Waals surface area contributed by atoms with E-state index in [9.17, 15) is 9.59 Å². The lowest BCUT2D eigenvalue weighted by molar-refractivity contribution is -0.111. The maximum atomic E-state index is 12.8. The van der Waals surface area contributed by atoms with E-state index < -0.39 is 0 Å². The molecule has 4 rings (SSSR count). The zero-order chi connectivity index (χ0) is 26.8. The van der Waals surface area contributed by atoms with Gasteiger partial charge in [-0.25, -0.2) is 4.98 Å². The van der Waals surface area contributed by atoms with Gasteiger partial charge in [-0.2, -0.15) is 5.10 Å². The maximum absolute atomic E-state index is 12.8. The fraction of sp³-hybridized carbons (Fsp3) is 0.385. The normalized spacial score (nSPS) is 13.6. The Morgan fingerprint density at radius 1 is 1.16 bits per heavy atom. The number of pyridine rings is 1. The van der Waals surface area contributed by atoms with Gasteiger partial charge in [0, 0.05) is 38.1 Å². The van der Waals surface area contributed by atoms with Crippen molar-refractivity contribution in [3.8, 4) is 11.3 Å². The summed E-state index contributed by atoms with van der Waals surface area (Å²) in [5, 5.41) is 13.1. The number of aromatic nitrogens is 5. The molecule has 0 aliphatic heterocycles. The van der Waals surface area contributed by atoms with E-state index in [4.69, 9.17) is 5.73 Å². The van der Waals surface area contributed by atoms with Gasteiger partial charge >= 0.3 is 0 Å². The van der Waals surface area contributed by atoms with Gasteiger partial charge in [-0.3, -0.25) is 19.4 Å². The first-order valence-corrected chi connectivity index (χ1v) is 12.2. The number of nitrogens with zero attached hydrogens (tertiary/aromatic N) is 5. The molecule has 0 radical (unpaired) electrons. The van der Waals surface area contributed by atoms with E-state index in [2.05, 4.69) is 36.0 Å². The van der Waals surface area contributed by atoms with Crippen molar-refractivity contribution in [1.29, 1.82) is 0 Å². The molecule has 11 nitrogen and oxygen atoms in total. The monoisotopic (exact) mass is 505 g/mol. The zero-order valence-corrected chi connectivity index (χ0v) is 21.8. The van der Waals surface area contributed by atoms with Gasteiger partial charge in [-0.15, -0.1) is 0 Å². The lowest BCUT2D eigenvalue weighted by Gasteiger charge is -2.12. The Hall–Kier alpha value is -4.12. The first kappa shape index (κ1) is 27.5. The zero-order valence-electron chi connectivity index (χ0n) is 21.8. The third-order valence-electron chi connectivity index (χ3n) is 6.08. The van der Waals surface area contributed by atoms with Gasteiger partial charge in [0.2, 0.25) is 0 Å². The SMILES string of the molecule is CNc1cnc(C)c(NC(=O)/C(=C/N)c2ncc(-c3cnn(C)c3)nc2C)c1.O=CCNC1CCCC1. The summed E-state index contributed by atoms with van der Waals surface area (Å²) in [6.07, 6.45) is 14.2. The van der Waals surface area contributed by atoms with Crippen LogP contribution in [0.2, 0.25) is 0 Å². The van der Waals surface area contributed by atoms with Gasteiger partial charge in [-0.1, -0.05) is 12.8 Å². The minimum atomic E-state index is -0.382. The van der Waals surface area contributed by atoms with Crippen LogP contribution in [0.25, 0.3) is 16.8 Å². The van der Waals surface area contributed by atoms with Crippen LogP contribution in [0.5, 0.6) is 0 Å². The average Bonchev–Trinajstić information content (AvgIpc) is 3.58. The van der Waals surface area contributed by atoms with E-state index in [-0.39, 0.29) is 11.5 Å². The molecular formula is C26H35N9O2. The number of aldehydes is 1. The molecule has 1 aliphatic rings. The number of rotatable bonds is 8. The number of anilines is 2. The Kier molecular flexibility index (Phi) is 9.84. The fourth-order valence-electron chi connectivity index (χ4n) is 4.03. The van der Waals surface area contributed by atoms with Crippen molar-refractivity contribution in [2.75, 3.05) is 24.2 Å². The topological polar surface area (TPSA) is 153 Å². The molecule has 3 aromatic heterocycles. The van der Waals surface area contributed by atoms with E-state index in [1.165, 1.54) is 31.9 Å². The Bertz CT molecular complexity index is 1250. The molecule has 1 fully saturated rings. The first-order valence-electron chi connectivity index (χ1n) is 12.2. The molecule has 0 spiro atoms. The highest BCUT2D eigenvalue weighted by Gasteiger charge is 2.18. The molecule has 0 saturated heterocycles. The number of aryl methyl sites for hydroxylation is 3. The molecule has 5 N–H and O–H groups in total. The van der Waals surface area contributed by atoms with E-state index in [1.54, 1.807) is 43.3 Å². The average molecular weight is 506 g/mol. The van der Waals surface area contributed by atoms with Crippen LogP contribution in [0.4, 0.5) is 11.4 Å². The Morgan fingerprint density at radius 3 is 2.51 bits per heavy atom. The smallest absolute Gasteiger partial charge is 0.259 e. The summed E-state index contributed by atoms with van der Waals surface area (Å²) >= 11 is 0. The molecule has 1 amide bonds. The van der Waals surface area contributed by atoms with Crippen molar-refractivity contribution >= 4 is 29.1 Å². The van der Waals surface area contributed by atoms with Crippen molar-refractivity contribution in [2.24, 2.45) is 12.8 Å². The summed E-state index contributed by atoms with van der Waals surface area (Å²) in [6.45, 7) is 4.13. The van der Waals surface area contributed by atoms with Gasteiger partial charge in [0.25, 0.3) is 5.91 Å². The molecule has 3 aromatic rings. The summed E-state index contributed by atoms with van der Waals surface area (Å²) in [7, 11) is 3.61. The molecular weight excluding hydrogens is 470 g/mol. The Morgan fingerprint density at radius 2 is 1.92 bits per heavy atom. The minimum absolute atomic E-state index is 0.233. The van der Waals surface area contributed by atoms with Crippen molar-refractivity contribution in [2.45, 2.75) is 45.6 Å². The van der Waals surface area contributed by atoms with Crippen LogP contribution in [0.15, 0.2) is 37.1 Å². The van der Waals surface area contributed by atoms with E-state index in [0.29, 0.717) is 41.0 Å². The second kappa shape index (κ2) is 13.3. The number of nitrogens with one attached hydrogen (secondary N) is 3. The predicted molar refractivity (Wildman–Crippen MR) is 145 cm³/mol. The number of nitrogens with two attached hydrogens (primary N) is 1. The van der Waals surface area contributed by atoms with Gasteiger partial charge in [0.15, 0.2) is 0 Å². The number of carbonyl (C=O) groups excluding carboxylic acids is 2. The van der Waals surface area contributed by atoms with Crippen LogP contribution in [0, 0.1) is 13.8 Å². The molecule has 11 heteroatoms. The summed E-state index contributed by atoms with van der Waals surface area (Å²) in [6, 6.07) is 2.44. The minimum Gasteiger partial charge on any atom is -0.404 e. The molecule has 196 valence electrons. The quantitative estimate of drug-likeness (QED) is 0.267. The molecule has 0 atom stereocenters. The van der Waals surface area contributed by atoms with Crippen LogP contribution in [0.3, 0.4) is 0 Å². The molecule has 0 unspecified atom stereocenters. The second-order valence-electron chi connectivity index (χ2n) is 8.79. The van der Waals surface area contributed by atoms with Gasteiger partial charge < -0.3 is 26.5 Å². The van der Waals surface area contributed by atoms with Crippen LogP contribution in [0.1, 0.15) is 42.8 Å². The van der Waals surface area contributed by atoms with Crippen LogP contribution < -0.4 is 21.7 Å². The first-order chi connectivity index (χ1) is 17.9. The maximum Gasteiger partial charge on any atom is 0.259 e. The van der Waals surface area contributed by atoms with Crippen molar-refractivity contribution < 1.29 is 9.59 Å². The van der Waals surface area contributed by atoms with Crippen molar-refractivity contribution in [1.82, 2.24) is 30.0 Å². The molecule has 3 heterocycles. The summed E-state index contributed by atoms with van der Waals surface area (Å²) < 4.78 is 1.69. The standard InChI is InChI=1S/C19H22N8O.C7H13NO/c1-11-16(5-14(21-3)8-22-11)26-19(28)15(6-20)18-12(2)25-17(9-23-18)13-7-24-27(4)10-13;9-6-5-8-7-3-1-2-4-7/h5-10,21H,20H2,1-4H3,(H,26,28);6-8H,1-5H2/b15-6+;. The van der Waals surface area contributed by atoms with Crippen LogP contribution in [-0.4, -0.2) is 56.6 Å². The lowest BCUT2D eigenvalue weighted by Crippen LogP contribution is -2.27. The van der Waals surface area contributed by atoms with E-state index in [1.807, 2.05) is 20.2 Å².